The number of aliphatic carboxylic acids is 1. The van der Waals surface area contributed by atoms with Gasteiger partial charge in [0.15, 0.2) is 0 Å². The lowest BCUT2D eigenvalue weighted by atomic mass is 10.0. The van der Waals surface area contributed by atoms with Gasteiger partial charge in [-0.2, -0.15) is 13.2 Å². The Hall–Kier alpha value is -4.45. The van der Waals surface area contributed by atoms with Gasteiger partial charge in [0.05, 0.1) is 23.9 Å². The van der Waals surface area contributed by atoms with Gasteiger partial charge in [0.2, 0.25) is 0 Å². The number of amides is 1. The van der Waals surface area contributed by atoms with Crippen LogP contribution in [0.2, 0.25) is 0 Å². The van der Waals surface area contributed by atoms with Crippen molar-refractivity contribution in [3.63, 3.8) is 0 Å². The van der Waals surface area contributed by atoms with Crippen LogP contribution < -0.4 is 15.8 Å². The first-order valence-corrected chi connectivity index (χ1v) is 12.3. The predicted octanol–water partition coefficient (Wildman–Crippen LogP) is 5.12. The van der Waals surface area contributed by atoms with Gasteiger partial charge < -0.3 is 20.9 Å². The number of nitrogens with two attached hydrogens (primary N) is 1. The highest BCUT2D eigenvalue weighted by atomic mass is 32.2. The minimum absolute atomic E-state index is 0.296. The number of carbonyl (C=O) groups excluding carboxylic acids is 1. The maximum atomic E-state index is 12.1. The van der Waals surface area contributed by atoms with Crippen molar-refractivity contribution in [2.24, 2.45) is 5.73 Å². The van der Waals surface area contributed by atoms with Gasteiger partial charge in [-0.05, 0) is 47.5 Å². The van der Waals surface area contributed by atoms with Crippen molar-refractivity contribution in [3.05, 3.63) is 78.5 Å². The molecule has 1 aromatic heterocycles. The Balaban J connectivity index is 0.000000505. The molecule has 4 N–H and O–H groups in total. The third-order valence-electron chi connectivity index (χ3n) is 5.23. The van der Waals surface area contributed by atoms with Crippen LogP contribution in [0.3, 0.4) is 0 Å². The molecule has 0 fully saturated rings. The van der Waals surface area contributed by atoms with E-state index in [1.807, 2.05) is 66.7 Å². The van der Waals surface area contributed by atoms with E-state index >= 15 is 0 Å². The Morgan fingerprint density at radius 2 is 1.66 bits per heavy atom. The number of hydrogen-bond donors (Lipinski definition) is 3. The molecule has 1 atom stereocenters. The number of nitrogens with one attached hydrogen (secondary N) is 1. The van der Waals surface area contributed by atoms with E-state index in [2.05, 4.69) is 10.3 Å². The number of benzene rings is 3. The molecule has 0 saturated heterocycles. The molecule has 0 aliphatic carbocycles. The largest absolute Gasteiger partial charge is 0.497 e. The summed E-state index contributed by atoms with van der Waals surface area (Å²) in [5, 5.41) is 11.2. The topological polar surface area (TPSA) is 132 Å². The van der Waals surface area contributed by atoms with Crippen LogP contribution in [0, 0.1) is 0 Å². The normalized spacial score (nSPS) is 11.7. The summed E-state index contributed by atoms with van der Waals surface area (Å²) in [6, 6.07) is 20.8. The first-order valence-electron chi connectivity index (χ1n) is 10.8. The van der Waals surface area contributed by atoms with Crippen LogP contribution in [0.5, 0.6) is 5.75 Å². The highest BCUT2D eigenvalue weighted by molar-refractivity contribution is 7.84. The zero-order chi connectivity index (χ0) is 28.0. The summed E-state index contributed by atoms with van der Waals surface area (Å²) in [5.74, 6) is -2.63. The summed E-state index contributed by atoms with van der Waals surface area (Å²) >= 11 is 0. The van der Waals surface area contributed by atoms with Crippen molar-refractivity contribution in [1.29, 1.82) is 0 Å². The van der Waals surface area contributed by atoms with Crippen molar-refractivity contribution in [2.75, 3.05) is 18.7 Å². The predicted molar refractivity (Wildman–Crippen MR) is 138 cm³/mol. The van der Waals surface area contributed by atoms with Crippen LogP contribution in [0.1, 0.15) is 10.4 Å². The third-order valence-corrected chi connectivity index (χ3v) is 6.17. The molecule has 38 heavy (non-hydrogen) atoms. The summed E-state index contributed by atoms with van der Waals surface area (Å²) in [4.78, 5) is 26.2. The van der Waals surface area contributed by atoms with E-state index in [1.165, 1.54) is 6.20 Å². The van der Waals surface area contributed by atoms with E-state index in [0.29, 0.717) is 17.0 Å². The Labute approximate surface area is 217 Å². The Kier molecular flexibility index (Phi) is 8.68. The van der Waals surface area contributed by atoms with E-state index in [4.69, 9.17) is 20.4 Å². The standard InChI is InChI=1S/C24H21N3O3S.C2HF3O2/c1-30-18-5-3-4-17(13-18)27-23-20-12-16(15-6-9-19(10-7-15)31(2)29)8-11-22(20)26-14-21(23)24(25)28;3-2(4,5)1(6)7/h3-14H,1-2H3,(H2,25,28)(H,26,27);(H,6,7). The maximum absolute atomic E-state index is 12.1. The number of pyridine rings is 1. The van der Waals surface area contributed by atoms with Crippen LogP contribution in [0.25, 0.3) is 22.0 Å². The van der Waals surface area contributed by atoms with Gasteiger partial charge >= 0.3 is 12.1 Å². The molecule has 0 aliphatic rings. The zero-order valence-corrected chi connectivity index (χ0v) is 20.9. The number of aromatic nitrogens is 1. The number of fused-ring (bicyclic) bond motifs is 1. The molecule has 0 radical (unpaired) electrons. The van der Waals surface area contributed by atoms with Gasteiger partial charge in [0.25, 0.3) is 5.91 Å². The Morgan fingerprint density at radius 3 is 2.21 bits per heavy atom. The van der Waals surface area contributed by atoms with Gasteiger partial charge in [-0.3, -0.25) is 14.0 Å². The van der Waals surface area contributed by atoms with Crippen LogP contribution >= 0.6 is 0 Å². The fourth-order valence-corrected chi connectivity index (χ4v) is 3.90. The molecule has 0 aliphatic heterocycles. The zero-order valence-electron chi connectivity index (χ0n) is 20.1. The van der Waals surface area contributed by atoms with Crippen molar-refractivity contribution >= 4 is 45.0 Å². The molecule has 4 aromatic rings. The molecule has 8 nitrogen and oxygen atoms in total. The number of primary amides is 1. The molecule has 1 heterocycles. The van der Waals surface area contributed by atoms with Crippen LogP contribution in [-0.4, -0.2) is 45.7 Å². The Morgan fingerprint density at radius 1 is 1.03 bits per heavy atom. The molecular formula is C26H22F3N3O5S. The lowest BCUT2D eigenvalue weighted by Crippen LogP contribution is -2.21. The fraction of sp³-hybridized carbons (Fsp3) is 0.115. The lowest BCUT2D eigenvalue weighted by molar-refractivity contribution is -0.192. The van der Waals surface area contributed by atoms with Crippen molar-refractivity contribution in [3.8, 4) is 16.9 Å². The first kappa shape index (κ1) is 28.1. The molecule has 0 spiro atoms. The molecule has 0 saturated carbocycles. The number of carbonyl (C=O) groups is 2. The Bertz CT molecular complexity index is 1510. The number of nitrogens with zero attached hydrogens (tertiary/aromatic N) is 1. The number of rotatable bonds is 6. The maximum Gasteiger partial charge on any atom is 0.490 e. The molecule has 1 unspecified atom stereocenters. The number of alkyl halides is 3. The highest BCUT2D eigenvalue weighted by Crippen LogP contribution is 2.33. The SMILES string of the molecule is COc1cccc(Nc2c(C(N)=O)cnc3ccc(-c4ccc(S(C)=O)cc4)cc23)c1.O=C(O)C(F)(F)F. The molecule has 0 bridgehead atoms. The molecule has 1 amide bonds. The smallest absolute Gasteiger partial charge is 0.490 e. The van der Waals surface area contributed by atoms with Crippen molar-refractivity contribution < 1.29 is 36.8 Å². The summed E-state index contributed by atoms with van der Waals surface area (Å²) in [5.41, 5.74) is 9.91. The fourth-order valence-electron chi connectivity index (χ4n) is 3.38. The van der Waals surface area contributed by atoms with Gasteiger partial charge in [0, 0.05) is 45.3 Å². The van der Waals surface area contributed by atoms with Crippen LogP contribution in [-0.2, 0) is 15.6 Å². The van der Waals surface area contributed by atoms with Crippen molar-refractivity contribution in [1.82, 2.24) is 4.98 Å². The summed E-state index contributed by atoms with van der Waals surface area (Å²) < 4.78 is 48.7. The monoisotopic (exact) mass is 545 g/mol. The average Bonchev–Trinajstić information content (AvgIpc) is 2.88. The van der Waals surface area contributed by atoms with E-state index in [1.54, 1.807) is 13.4 Å². The molecule has 12 heteroatoms. The summed E-state index contributed by atoms with van der Waals surface area (Å²) in [7, 11) is 0.564. The van der Waals surface area contributed by atoms with E-state index in [9.17, 15) is 22.2 Å². The minimum atomic E-state index is -5.08. The number of ether oxygens (including phenoxy) is 1. The van der Waals surface area contributed by atoms with Crippen LogP contribution in [0.4, 0.5) is 24.5 Å². The van der Waals surface area contributed by atoms with Crippen molar-refractivity contribution in [2.45, 2.75) is 11.1 Å². The molecule has 198 valence electrons. The van der Waals surface area contributed by atoms with Gasteiger partial charge in [-0.1, -0.05) is 24.3 Å². The third kappa shape index (κ3) is 6.85. The quantitative estimate of drug-likeness (QED) is 0.306. The van der Waals surface area contributed by atoms with Gasteiger partial charge in [-0.15, -0.1) is 0 Å². The summed E-state index contributed by atoms with van der Waals surface area (Å²) in [6.45, 7) is 0. The number of hydrogen-bond acceptors (Lipinski definition) is 6. The summed E-state index contributed by atoms with van der Waals surface area (Å²) in [6.07, 6.45) is -1.95. The second kappa shape index (κ2) is 11.7. The van der Waals surface area contributed by atoms with Gasteiger partial charge in [-0.25, -0.2) is 4.79 Å². The number of anilines is 2. The first-order chi connectivity index (χ1) is 17.9. The second-order valence-corrected chi connectivity index (χ2v) is 9.16. The highest BCUT2D eigenvalue weighted by Gasteiger charge is 2.38. The van der Waals surface area contributed by atoms with E-state index in [0.717, 1.165) is 32.6 Å². The van der Waals surface area contributed by atoms with E-state index < -0.39 is 28.9 Å². The number of carboxylic acid groups (broad SMARTS) is 1. The number of halogens is 3. The van der Waals surface area contributed by atoms with Crippen LogP contribution in [0.15, 0.2) is 77.8 Å². The lowest BCUT2D eigenvalue weighted by Gasteiger charge is -2.15. The molecule has 4 rings (SSSR count). The number of methoxy groups -OCH3 is 1. The minimum Gasteiger partial charge on any atom is -0.497 e. The average molecular weight is 546 g/mol. The van der Waals surface area contributed by atoms with Gasteiger partial charge in [0.1, 0.15) is 5.75 Å². The molecular weight excluding hydrogens is 523 g/mol. The molecule has 3 aromatic carbocycles. The number of carboxylic acids is 1. The van der Waals surface area contributed by atoms with E-state index in [-0.39, 0.29) is 0 Å². The second-order valence-electron chi connectivity index (χ2n) is 7.78.